The smallest absolute Gasteiger partial charge is 1.00 e. The Kier molecular flexibility index (Phi) is 18.9. The molecule has 154 valence electrons. The van der Waals surface area contributed by atoms with Crippen LogP contribution in [-0.2, 0) is 14.4 Å². The number of carboxylic acid groups (broad SMARTS) is 2. The zero-order chi connectivity index (χ0) is 20.2. The number of amides is 1. The Morgan fingerprint density at radius 3 is 2.41 bits per heavy atom. The molecule has 0 spiro atoms. The third kappa shape index (κ3) is 14.6. The number of hydrogen-bond donors (Lipinski definition) is 4. The number of unbranched alkanes of at least 4 members (excludes halogenated alkanes) is 1. The zero-order valence-corrected chi connectivity index (χ0v) is 22.2. The van der Waals surface area contributed by atoms with Crippen LogP contribution in [0.1, 0.15) is 48.3 Å². The fourth-order valence-electron chi connectivity index (χ4n) is 2.52. The molecule has 0 saturated carbocycles. The number of rotatable bonds is 13. The summed E-state index contributed by atoms with van der Waals surface area (Å²) in [4.78, 5) is 34.1. The second kappa shape index (κ2) is 17.6. The number of aliphatic hydroxyl groups is 1. The third-order valence-corrected chi connectivity index (χ3v) is 5.11. The van der Waals surface area contributed by atoms with Gasteiger partial charge in [-0.05, 0) is 37.5 Å². The van der Waals surface area contributed by atoms with Gasteiger partial charge in [-0.2, -0.15) is 0 Å². The van der Waals surface area contributed by atoms with Gasteiger partial charge < -0.3 is 23.5 Å². The summed E-state index contributed by atoms with van der Waals surface area (Å²) in [6.45, 7) is 2.02. The van der Waals surface area contributed by atoms with Gasteiger partial charge >= 0.3 is 71.1 Å². The molecule has 0 aliphatic heterocycles. The normalized spacial score (nSPS) is 12.1. The van der Waals surface area contributed by atoms with Gasteiger partial charge in [0.25, 0.3) is 0 Å². The molecule has 0 bridgehead atoms. The van der Waals surface area contributed by atoms with Crippen molar-refractivity contribution in [2.45, 2.75) is 56.4 Å². The fraction of sp³-hybridized carbons (Fsp3) is 0.526. The van der Waals surface area contributed by atoms with Gasteiger partial charge in [0, 0.05) is 16.3 Å². The Balaban J connectivity index is -0.000000911. The summed E-state index contributed by atoms with van der Waals surface area (Å²) in [6, 6.07) is 6.92. The summed E-state index contributed by atoms with van der Waals surface area (Å²) in [5.41, 5.74) is 0.492. The average Bonchev–Trinajstić information content (AvgIpc) is 2.59. The minimum Gasteiger partial charge on any atom is -1.00 e. The van der Waals surface area contributed by atoms with Gasteiger partial charge in [-0.25, -0.2) is 0 Å². The predicted molar refractivity (Wildman–Crippen MR) is 106 cm³/mol. The van der Waals surface area contributed by atoms with Crippen LogP contribution in [0.25, 0.3) is 0 Å². The van der Waals surface area contributed by atoms with E-state index >= 15 is 0 Å². The quantitative estimate of drug-likeness (QED) is 0.150. The van der Waals surface area contributed by atoms with Crippen LogP contribution in [0, 0.1) is 5.92 Å². The molecule has 1 aromatic rings. The van der Waals surface area contributed by atoms with Crippen LogP contribution in [0.4, 0.5) is 5.69 Å². The second-order valence-electron chi connectivity index (χ2n) is 6.37. The van der Waals surface area contributed by atoms with Crippen molar-refractivity contribution in [2.24, 2.45) is 5.92 Å². The van der Waals surface area contributed by atoms with Gasteiger partial charge in [-0.1, -0.05) is 25.8 Å². The van der Waals surface area contributed by atoms with Crippen LogP contribution >= 0.6 is 11.8 Å². The molecule has 4 N–H and O–H groups in total. The van der Waals surface area contributed by atoms with Gasteiger partial charge in [0.1, 0.15) is 6.42 Å². The minimum absolute atomic E-state index is 0. The van der Waals surface area contributed by atoms with Crippen LogP contribution in [0.15, 0.2) is 29.2 Å². The molecule has 10 heteroatoms. The SMILES string of the molecule is CCCC[C@H](CC[C@@H](O)CSc1cccc(NC(=O)CC(=O)O)c1)C(=O)O.[H-].[H-].[Na+].[Na+]. The summed E-state index contributed by atoms with van der Waals surface area (Å²) in [7, 11) is 0. The fourth-order valence-corrected chi connectivity index (χ4v) is 3.45. The van der Waals surface area contributed by atoms with E-state index in [1.165, 1.54) is 11.8 Å². The van der Waals surface area contributed by atoms with E-state index in [1.54, 1.807) is 18.2 Å². The van der Waals surface area contributed by atoms with Crippen molar-refractivity contribution in [3.63, 3.8) is 0 Å². The number of carbonyl (C=O) groups is 3. The monoisotopic (exact) mass is 445 g/mol. The molecule has 0 radical (unpaired) electrons. The molecule has 1 amide bonds. The molecular weight excluding hydrogens is 416 g/mol. The molecule has 0 heterocycles. The van der Waals surface area contributed by atoms with Gasteiger partial charge in [0.15, 0.2) is 0 Å². The van der Waals surface area contributed by atoms with Crippen LogP contribution in [0.2, 0.25) is 0 Å². The van der Waals surface area contributed by atoms with Crippen molar-refractivity contribution in [1.29, 1.82) is 0 Å². The van der Waals surface area contributed by atoms with E-state index in [4.69, 9.17) is 5.11 Å². The molecular formula is C19H29NNa2O6S. The topological polar surface area (TPSA) is 124 Å². The Morgan fingerprint density at radius 1 is 1.14 bits per heavy atom. The summed E-state index contributed by atoms with van der Waals surface area (Å²) in [5.74, 6) is -2.62. The van der Waals surface area contributed by atoms with Crippen molar-refractivity contribution in [3.05, 3.63) is 24.3 Å². The van der Waals surface area contributed by atoms with Crippen molar-refractivity contribution < 1.29 is 91.7 Å². The standard InChI is InChI=1S/C19H27NO6S.2Na.2H/c1-2-3-5-13(19(25)26)8-9-15(21)12-27-16-7-4-6-14(10-16)20-17(22)11-18(23)24;;;;/h4,6-7,10,13,15,21H,2-3,5,8-9,11-12H2,1H3,(H,20,22)(H,23,24)(H,25,26);;;;/q;2*+1;2*-1/t13-,15-;;;;/m1..../s1. The van der Waals surface area contributed by atoms with Crippen LogP contribution in [0.3, 0.4) is 0 Å². The number of hydrogen-bond acceptors (Lipinski definition) is 5. The van der Waals surface area contributed by atoms with E-state index in [1.807, 2.05) is 13.0 Å². The summed E-state index contributed by atoms with van der Waals surface area (Å²) in [5, 5.41) is 30.5. The van der Waals surface area contributed by atoms with E-state index < -0.39 is 36.3 Å². The molecule has 7 nitrogen and oxygen atoms in total. The Labute approximate surface area is 223 Å². The molecule has 0 aliphatic carbocycles. The zero-order valence-electron chi connectivity index (χ0n) is 19.4. The number of nitrogens with one attached hydrogen (secondary N) is 1. The maximum Gasteiger partial charge on any atom is 1.00 e. The number of aliphatic hydroxyl groups excluding tert-OH is 1. The van der Waals surface area contributed by atoms with Gasteiger partial charge in [-0.15, -0.1) is 11.8 Å². The van der Waals surface area contributed by atoms with E-state index in [9.17, 15) is 24.6 Å². The first-order valence-corrected chi connectivity index (χ1v) is 9.95. The second-order valence-corrected chi connectivity index (χ2v) is 7.46. The van der Waals surface area contributed by atoms with Gasteiger partial charge in [0.05, 0.1) is 12.0 Å². The first-order valence-electron chi connectivity index (χ1n) is 8.97. The maximum atomic E-state index is 11.5. The molecule has 2 atom stereocenters. The number of thioether (sulfide) groups is 1. The number of aliphatic carboxylic acids is 2. The van der Waals surface area contributed by atoms with Gasteiger partial charge in [-0.3, -0.25) is 14.4 Å². The predicted octanol–water partition coefficient (Wildman–Crippen LogP) is -2.54. The Morgan fingerprint density at radius 2 is 1.83 bits per heavy atom. The maximum absolute atomic E-state index is 11.5. The molecule has 0 unspecified atom stereocenters. The number of carbonyl (C=O) groups excluding carboxylic acids is 1. The molecule has 29 heavy (non-hydrogen) atoms. The first kappa shape index (κ1) is 31.1. The number of benzene rings is 1. The summed E-state index contributed by atoms with van der Waals surface area (Å²) >= 11 is 1.40. The molecule has 0 fully saturated rings. The van der Waals surface area contributed by atoms with E-state index in [2.05, 4.69) is 5.32 Å². The van der Waals surface area contributed by atoms with Crippen molar-refractivity contribution in [1.82, 2.24) is 0 Å². The molecule has 1 rings (SSSR count). The molecule has 0 aliphatic rings. The minimum atomic E-state index is -1.19. The van der Waals surface area contributed by atoms with Crippen LogP contribution in [0.5, 0.6) is 0 Å². The van der Waals surface area contributed by atoms with Crippen molar-refractivity contribution in [2.75, 3.05) is 11.1 Å². The van der Waals surface area contributed by atoms with Crippen LogP contribution < -0.4 is 64.4 Å². The third-order valence-electron chi connectivity index (χ3n) is 3.98. The van der Waals surface area contributed by atoms with E-state index in [-0.39, 0.29) is 62.0 Å². The first-order chi connectivity index (χ1) is 12.8. The van der Waals surface area contributed by atoms with E-state index in [0.717, 1.165) is 17.7 Å². The Hall–Kier alpha value is -0.0600. The number of anilines is 1. The number of carboxylic acids is 2. The summed E-state index contributed by atoms with van der Waals surface area (Å²) < 4.78 is 0. The van der Waals surface area contributed by atoms with Crippen molar-refractivity contribution >= 4 is 35.3 Å². The Bertz CT molecular complexity index is 658. The molecule has 1 aromatic carbocycles. The largest absolute Gasteiger partial charge is 1.00 e. The molecule has 0 aromatic heterocycles. The summed E-state index contributed by atoms with van der Waals surface area (Å²) in [6.07, 6.45) is 2.08. The van der Waals surface area contributed by atoms with Crippen molar-refractivity contribution in [3.8, 4) is 0 Å². The molecule has 0 saturated heterocycles. The average molecular weight is 445 g/mol. The van der Waals surface area contributed by atoms with E-state index in [0.29, 0.717) is 30.7 Å². The van der Waals surface area contributed by atoms with Crippen LogP contribution in [-0.4, -0.2) is 45.0 Å². The van der Waals surface area contributed by atoms with Gasteiger partial charge in [0.2, 0.25) is 5.91 Å².